The minimum atomic E-state index is 0.142. The highest BCUT2D eigenvalue weighted by atomic mass is 16.2. The standard InChI is InChI=1S/C18H21N3O/c1-12-4-3-5-17(19-12)20-13(2)14-8-10-16(11-9-14)21-18(22)15-6-7-15/h3-5,8-11,13,15H,6-7H2,1-2H3,(H,19,20)(H,21,22). The van der Waals surface area contributed by atoms with Crippen molar-refractivity contribution in [2.75, 3.05) is 10.6 Å². The Labute approximate surface area is 131 Å². The number of hydrogen-bond acceptors (Lipinski definition) is 3. The lowest BCUT2D eigenvalue weighted by atomic mass is 10.1. The van der Waals surface area contributed by atoms with Crippen molar-refractivity contribution in [2.24, 2.45) is 5.92 Å². The largest absolute Gasteiger partial charge is 0.364 e. The zero-order valence-corrected chi connectivity index (χ0v) is 13.0. The number of carbonyl (C=O) groups is 1. The zero-order valence-electron chi connectivity index (χ0n) is 13.0. The molecule has 1 atom stereocenters. The Balaban J connectivity index is 1.62. The molecule has 0 saturated heterocycles. The third-order valence-electron chi connectivity index (χ3n) is 3.88. The molecule has 0 bridgehead atoms. The molecule has 1 aliphatic rings. The van der Waals surface area contributed by atoms with E-state index in [9.17, 15) is 4.79 Å². The monoisotopic (exact) mass is 295 g/mol. The van der Waals surface area contributed by atoms with E-state index in [1.54, 1.807) is 0 Å². The summed E-state index contributed by atoms with van der Waals surface area (Å²) in [6, 6.07) is 14.1. The number of rotatable bonds is 5. The van der Waals surface area contributed by atoms with Crippen LogP contribution in [0.25, 0.3) is 0 Å². The van der Waals surface area contributed by atoms with Crippen molar-refractivity contribution in [3.05, 3.63) is 53.7 Å². The number of pyridine rings is 1. The van der Waals surface area contributed by atoms with Gasteiger partial charge in [-0.05, 0) is 56.5 Å². The average molecular weight is 295 g/mol. The Morgan fingerprint density at radius 1 is 1.18 bits per heavy atom. The second kappa shape index (κ2) is 6.18. The van der Waals surface area contributed by atoms with E-state index in [0.29, 0.717) is 0 Å². The molecule has 1 heterocycles. The van der Waals surface area contributed by atoms with Gasteiger partial charge in [-0.15, -0.1) is 0 Å². The molecule has 1 aliphatic carbocycles. The maximum atomic E-state index is 11.7. The molecule has 2 N–H and O–H groups in total. The van der Waals surface area contributed by atoms with Crippen LogP contribution in [0, 0.1) is 12.8 Å². The van der Waals surface area contributed by atoms with E-state index in [1.165, 1.54) is 0 Å². The molecule has 0 spiro atoms. The van der Waals surface area contributed by atoms with Gasteiger partial charge < -0.3 is 10.6 Å². The van der Waals surface area contributed by atoms with Gasteiger partial charge >= 0.3 is 0 Å². The smallest absolute Gasteiger partial charge is 0.227 e. The van der Waals surface area contributed by atoms with E-state index >= 15 is 0 Å². The number of aryl methyl sites for hydroxylation is 1. The first kappa shape index (κ1) is 14.6. The van der Waals surface area contributed by atoms with E-state index in [1.807, 2.05) is 49.4 Å². The Bertz CT molecular complexity index is 662. The summed E-state index contributed by atoms with van der Waals surface area (Å²) in [5.74, 6) is 1.24. The topological polar surface area (TPSA) is 54.0 Å². The minimum Gasteiger partial charge on any atom is -0.364 e. The third-order valence-corrected chi connectivity index (χ3v) is 3.88. The predicted octanol–water partition coefficient (Wildman–Crippen LogP) is 3.91. The highest BCUT2D eigenvalue weighted by Gasteiger charge is 2.29. The highest BCUT2D eigenvalue weighted by molar-refractivity contribution is 5.94. The van der Waals surface area contributed by atoms with Crippen LogP contribution in [-0.2, 0) is 4.79 Å². The molecule has 1 saturated carbocycles. The minimum absolute atomic E-state index is 0.142. The van der Waals surface area contributed by atoms with Gasteiger partial charge in [-0.25, -0.2) is 4.98 Å². The number of nitrogens with zero attached hydrogens (tertiary/aromatic N) is 1. The lowest BCUT2D eigenvalue weighted by Crippen LogP contribution is -2.13. The van der Waals surface area contributed by atoms with Gasteiger partial charge in [0.15, 0.2) is 0 Å². The quantitative estimate of drug-likeness (QED) is 0.879. The third kappa shape index (κ3) is 3.64. The Morgan fingerprint density at radius 2 is 1.91 bits per heavy atom. The Kier molecular flexibility index (Phi) is 4.09. The average Bonchev–Trinajstić information content (AvgIpc) is 3.32. The molecule has 1 unspecified atom stereocenters. The predicted molar refractivity (Wildman–Crippen MR) is 88.8 cm³/mol. The van der Waals surface area contributed by atoms with Crippen molar-refractivity contribution in [1.29, 1.82) is 0 Å². The molecule has 4 nitrogen and oxygen atoms in total. The van der Waals surface area contributed by atoms with Gasteiger partial charge in [0.2, 0.25) is 5.91 Å². The van der Waals surface area contributed by atoms with Crippen LogP contribution in [0.2, 0.25) is 0 Å². The first-order chi connectivity index (χ1) is 10.6. The van der Waals surface area contributed by atoms with Crippen LogP contribution in [0.3, 0.4) is 0 Å². The summed E-state index contributed by atoms with van der Waals surface area (Å²) in [5.41, 5.74) is 3.02. The van der Waals surface area contributed by atoms with Crippen molar-refractivity contribution < 1.29 is 4.79 Å². The SMILES string of the molecule is Cc1cccc(NC(C)c2ccc(NC(=O)C3CC3)cc2)n1. The maximum absolute atomic E-state index is 11.7. The molecule has 22 heavy (non-hydrogen) atoms. The number of amides is 1. The van der Waals surface area contributed by atoms with Crippen molar-refractivity contribution >= 4 is 17.4 Å². The van der Waals surface area contributed by atoms with E-state index in [2.05, 4.69) is 22.5 Å². The van der Waals surface area contributed by atoms with Crippen molar-refractivity contribution in [3.63, 3.8) is 0 Å². The number of hydrogen-bond donors (Lipinski definition) is 2. The van der Waals surface area contributed by atoms with Gasteiger partial charge in [-0.1, -0.05) is 18.2 Å². The highest BCUT2D eigenvalue weighted by Crippen LogP contribution is 2.30. The number of carbonyl (C=O) groups excluding carboxylic acids is 1. The summed E-state index contributed by atoms with van der Waals surface area (Å²) < 4.78 is 0. The number of benzene rings is 1. The van der Waals surface area contributed by atoms with E-state index in [-0.39, 0.29) is 17.9 Å². The van der Waals surface area contributed by atoms with Gasteiger partial charge in [0.05, 0.1) is 0 Å². The molecule has 4 heteroatoms. The molecular weight excluding hydrogens is 274 g/mol. The zero-order chi connectivity index (χ0) is 15.5. The normalized spacial score (nSPS) is 15.2. The summed E-state index contributed by atoms with van der Waals surface area (Å²) in [6.45, 7) is 4.08. The number of anilines is 2. The van der Waals surface area contributed by atoms with Crippen LogP contribution in [0.4, 0.5) is 11.5 Å². The molecule has 0 aliphatic heterocycles. The molecule has 2 aromatic rings. The molecule has 1 aromatic carbocycles. The van der Waals surface area contributed by atoms with E-state index < -0.39 is 0 Å². The summed E-state index contributed by atoms with van der Waals surface area (Å²) in [5, 5.41) is 6.34. The van der Waals surface area contributed by atoms with Gasteiger partial charge in [-0.2, -0.15) is 0 Å². The second-order valence-corrected chi connectivity index (χ2v) is 5.92. The first-order valence-electron chi connectivity index (χ1n) is 7.73. The Hall–Kier alpha value is -2.36. The van der Waals surface area contributed by atoms with Gasteiger partial charge in [-0.3, -0.25) is 4.79 Å². The van der Waals surface area contributed by atoms with Crippen LogP contribution < -0.4 is 10.6 Å². The van der Waals surface area contributed by atoms with Crippen molar-refractivity contribution in [3.8, 4) is 0 Å². The molecule has 3 rings (SSSR count). The fourth-order valence-corrected chi connectivity index (χ4v) is 2.37. The van der Waals surface area contributed by atoms with Crippen LogP contribution in [-0.4, -0.2) is 10.9 Å². The van der Waals surface area contributed by atoms with Crippen molar-refractivity contribution in [2.45, 2.75) is 32.7 Å². The summed E-state index contributed by atoms with van der Waals surface area (Å²) in [7, 11) is 0. The summed E-state index contributed by atoms with van der Waals surface area (Å²) in [4.78, 5) is 16.2. The van der Waals surface area contributed by atoms with Crippen LogP contribution in [0.15, 0.2) is 42.5 Å². The lowest BCUT2D eigenvalue weighted by molar-refractivity contribution is -0.117. The molecular formula is C18H21N3O. The second-order valence-electron chi connectivity index (χ2n) is 5.92. The summed E-state index contributed by atoms with van der Waals surface area (Å²) >= 11 is 0. The van der Waals surface area contributed by atoms with Crippen molar-refractivity contribution in [1.82, 2.24) is 4.98 Å². The first-order valence-corrected chi connectivity index (χ1v) is 7.73. The van der Waals surface area contributed by atoms with Gasteiger partial charge in [0, 0.05) is 23.3 Å². The molecule has 0 radical (unpaired) electrons. The molecule has 1 aromatic heterocycles. The van der Waals surface area contributed by atoms with Crippen LogP contribution >= 0.6 is 0 Å². The van der Waals surface area contributed by atoms with E-state index in [0.717, 1.165) is 35.6 Å². The summed E-state index contributed by atoms with van der Waals surface area (Å²) in [6.07, 6.45) is 2.04. The molecule has 114 valence electrons. The van der Waals surface area contributed by atoms with Crippen LogP contribution in [0.1, 0.15) is 37.1 Å². The molecule has 1 fully saturated rings. The number of aromatic nitrogens is 1. The van der Waals surface area contributed by atoms with E-state index in [4.69, 9.17) is 0 Å². The maximum Gasteiger partial charge on any atom is 0.227 e. The van der Waals surface area contributed by atoms with Gasteiger partial charge in [0.25, 0.3) is 0 Å². The number of nitrogens with one attached hydrogen (secondary N) is 2. The Morgan fingerprint density at radius 3 is 2.55 bits per heavy atom. The van der Waals surface area contributed by atoms with Gasteiger partial charge in [0.1, 0.15) is 5.82 Å². The lowest BCUT2D eigenvalue weighted by Gasteiger charge is -2.16. The molecule has 1 amide bonds. The fourth-order valence-electron chi connectivity index (χ4n) is 2.37. The fraction of sp³-hybridized carbons (Fsp3) is 0.333. The van der Waals surface area contributed by atoms with Crippen LogP contribution in [0.5, 0.6) is 0 Å².